The molecule has 1 aliphatic heterocycles. The highest BCUT2D eigenvalue weighted by atomic mass is 16.7. The van der Waals surface area contributed by atoms with Gasteiger partial charge in [-0.1, -0.05) is 27.7 Å². The molecule has 5 rings (SSSR count). The molecule has 32 heavy (non-hydrogen) atoms. The second-order valence-electron chi connectivity index (χ2n) is 13.2. The summed E-state index contributed by atoms with van der Waals surface area (Å²) in [7, 11) is 1.83. The van der Waals surface area contributed by atoms with Gasteiger partial charge in [-0.25, -0.2) is 0 Å². The van der Waals surface area contributed by atoms with Gasteiger partial charge in [0.15, 0.2) is 5.79 Å². The predicted octanol–water partition coefficient (Wildman–Crippen LogP) is 5.40. The highest BCUT2D eigenvalue weighted by Crippen LogP contribution is 2.71. The first kappa shape index (κ1) is 23.6. The molecule has 5 fully saturated rings. The first-order valence-electron chi connectivity index (χ1n) is 13.7. The average Bonchev–Trinajstić information content (AvgIpc) is 3.23. The maximum atomic E-state index is 10.3. The van der Waals surface area contributed by atoms with E-state index in [0.29, 0.717) is 34.7 Å². The molecule has 4 heteroatoms. The van der Waals surface area contributed by atoms with E-state index in [0.717, 1.165) is 49.4 Å². The Kier molecular flexibility index (Phi) is 6.05. The fourth-order valence-corrected chi connectivity index (χ4v) is 10.1. The van der Waals surface area contributed by atoms with Crippen molar-refractivity contribution in [1.29, 1.82) is 0 Å². The lowest BCUT2D eigenvalue weighted by Crippen LogP contribution is -2.54. The third-order valence-corrected chi connectivity index (χ3v) is 12.0. The normalized spacial score (nSPS) is 55.6. The van der Waals surface area contributed by atoms with Gasteiger partial charge in [-0.2, -0.15) is 0 Å². The lowest BCUT2D eigenvalue weighted by molar-refractivity contribution is -0.239. The van der Waals surface area contributed by atoms with Crippen LogP contribution in [0.5, 0.6) is 0 Å². The van der Waals surface area contributed by atoms with Crippen LogP contribution in [0.2, 0.25) is 0 Å². The Hall–Kier alpha value is -0.160. The number of aliphatic hydroxyl groups excluding tert-OH is 2. The van der Waals surface area contributed by atoms with Crippen molar-refractivity contribution in [1.82, 2.24) is 0 Å². The zero-order chi connectivity index (χ0) is 22.9. The fourth-order valence-electron chi connectivity index (χ4n) is 10.1. The number of rotatable bonds is 5. The molecule has 0 bridgehead atoms. The minimum atomic E-state index is -0.479. The molecule has 0 spiro atoms. The largest absolute Gasteiger partial charge is 0.396 e. The molecule has 4 aliphatic carbocycles. The SMILES string of the molecule is CO[C@]1(CCC(C)CO)O[C@H]2C[C@H]3[C@@H]4CCC5C[C@@H](O)CC[C@]5(C)[C@H]4CC[C@]3(C)[C@H]2[C@@H]1C. The number of ether oxygens (including phenoxy) is 2. The standard InChI is InChI=1S/C28H48O4/c1-17(16-29)8-13-28(31-5)18(2)25-24(32-28)15-23-21-7-6-19-14-20(30)9-11-26(19,3)22(21)10-12-27(23,25)4/h17-25,29-30H,6-16H2,1-5H3/t17?,18-,19?,20-,21+,22-,23-,24-,25-,26-,27-,28+/m0/s1. The van der Waals surface area contributed by atoms with Gasteiger partial charge in [-0.15, -0.1) is 0 Å². The zero-order valence-electron chi connectivity index (χ0n) is 21.2. The van der Waals surface area contributed by atoms with E-state index in [1.54, 1.807) is 0 Å². The number of hydrogen-bond donors (Lipinski definition) is 2. The van der Waals surface area contributed by atoms with Gasteiger partial charge in [-0.3, -0.25) is 0 Å². The third kappa shape index (κ3) is 3.29. The average molecular weight is 449 g/mol. The van der Waals surface area contributed by atoms with E-state index >= 15 is 0 Å². The van der Waals surface area contributed by atoms with E-state index in [4.69, 9.17) is 9.47 Å². The minimum absolute atomic E-state index is 0.0608. The highest BCUT2D eigenvalue weighted by Gasteiger charge is 2.68. The van der Waals surface area contributed by atoms with Crippen LogP contribution in [0.25, 0.3) is 0 Å². The maximum Gasteiger partial charge on any atom is 0.171 e. The summed E-state index contributed by atoms with van der Waals surface area (Å²) in [5.41, 5.74) is 0.788. The molecule has 0 radical (unpaired) electrons. The molecule has 2 N–H and O–H groups in total. The summed E-state index contributed by atoms with van der Waals surface area (Å²) in [4.78, 5) is 0. The van der Waals surface area contributed by atoms with Gasteiger partial charge in [0.1, 0.15) is 0 Å². The van der Waals surface area contributed by atoms with E-state index in [-0.39, 0.29) is 12.7 Å². The first-order chi connectivity index (χ1) is 15.2. The smallest absolute Gasteiger partial charge is 0.171 e. The van der Waals surface area contributed by atoms with Crippen LogP contribution in [-0.4, -0.2) is 41.9 Å². The summed E-state index contributed by atoms with van der Waals surface area (Å²) in [6, 6.07) is 0. The molecule has 12 atom stereocenters. The van der Waals surface area contributed by atoms with Gasteiger partial charge >= 0.3 is 0 Å². The van der Waals surface area contributed by atoms with Crippen LogP contribution in [-0.2, 0) is 9.47 Å². The number of hydrogen-bond acceptors (Lipinski definition) is 4. The van der Waals surface area contributed by atoms with Gasteiger partial charge < -0.3 is 19.7 Å². The second kappa shape index (κ2) is 8.21. The van der Waals surface area contributed by atoms with E-state index in [9.17, 15) is 10.2 Å². The van der Waals surface area contributed by atoms with Gasteiger partial charge in [0.2, 0.25) is 0 Å². The van der Waals surface area contributed by atoms with E-state index in [1.165, 1.54) is 38.5 Å². The number of fused-ring (bicyclic) bond motifs is 7. The summed E-state index contributed by atoms with van der Waals surface area (Å²) >= 11 is 0. The Bertz CT molecular complexity index is 697. The molecule has 0 aromatic heterocycles. The molecule has 184 valence electrons. The van der Waals surface area contributed by atoms with Crippen LogP contribution in [0.3, 0.4) is 0 Å². The summed E-state index contributed by atoms with van der Waals surface area (Å²) in [5, 5.41) is 19.8. The molecule has 5 aliphatic rings. The van der Waals surface area contributed by atoms with Gasteiger partial charge in [0.25, 0.3) is 0 Å². The molecule has 4 nitrogen and oxygen atoms in total. The van der Waals surface area contributed by atoms with Gasteiger partial charge in [0, 0.05) is 26.1 Å². The van der Waals surface area contributed by atoms with Crippen molar-refractivity contribution < 1.29 is 19.7 Å². The summed E-state index contributed by atoms with van der Waals surface area (Å²) in [6.45, 7) is 9.91. The lowest BCUT2D eigenvalue weighted by Gasteiger charge is -2.61. The molecule has 0 aromatic carbocycles. The second-order valence-corrected chi connectivity index (χ2v) is 13.2. The molecule has 4 saturated carbocycles. The van der Waals surface area contributed by atoms with Crippen LogP contribution in [0.15, 0.2) is 0 Å². The van der Waals surface area contributed by atoms with Crippen LogP contribution in [0.1, 0.15) is 91.9 Å². The molecule has 1 saturated heterocycles. The highest BCUT2D eigenvalue weighted by molar-refractivity contribution is 5.15. The fraction of sp³-hybridized carbons (Fsp3) is 1.00. The Morgan fingerprint density at radius 3 is 2.50 bits per heavy atom. The Labute approximate surface area is 195 Å². The summed E-state index contributed by atoms with van der Waals surface area (Å²) in [6.07, 6.45) is 11.9. The molecular formula is C28H48O4. The van der Waals surface area contributed by atoms with Crippen molar-refractivity contribution in [2.24, 2.45) is 52.3 Å². The van der Waals surface area contributed by atoms with Crippen LogP contribution >= 0.6 is 0 Å². The molecule has 1 heterocycles. The van der Waals surface area contributed by atoms with Crippen molar-refractivity contribution in [3.05, 3.63) is 0 Å². The zero-order valence-corrected chi connectivity index (χ0v) is 21.2. The van der Waals surface area contributed by atoms with Gasteiger partial charge in [-0.05, 0) is 104 Å². The summed E-state index contributed by atoms with van der Waals surface area (Å²) in [5.74, 6) is 3.95. The molecule has 0 aromatic rings. The van der Waals surface area contributed by atoms with Crippen LogP contribution in [0, 0.1) is 52.3 Å². The molecule has 2 unspecified atom stereocenters. The van der Waals surface area contributed by atoms with E-state index in [2.05, 4.69) is 27.7 Å². The van der Waals surface area contributed by atoms with Crippen LogP contribution in [0.4, 0.5) is 0 Å². The van der Waals surface area contributed by atoms with Crippen molar-refractivity contribution >= 4 is 0 Å². The Morgan fingerprint density at radius 2 is 1.78 bits per heavy atom. The van der Waals surface area contributed by atoms with Crippen molar-refractivity contribution in [3.8, 4) is 0 Å². The van der Waals surface area contributed by atoms with Crippen molar-refractivity contribution in [2.75, 3.05) is 13.7 Å². The predicted molar refractivity (Wildman–Crippen MR) is 126 cm³/mol. The Balaban J connectivity index is 1.36. The lowest BCUT2D eigenvalue weighted by atomic mass is 9.44. The summed E-state index contributed by atoms with van der Waals surface area (Å²) < 4.78 is 13.0. The van der Waals surface area contributed by atoms with Crippen LogP contribution < -0.4 is 0 Å². The topological polar surface area (TPSA) is 58.9 Å². The molecular weight excluding hydrogens is 400 g/mol. The Morgan fingerprint density at radius 1 is 1.03 bits per heavy atom. The van der Waals surface area contributed by atoms with Crippen molar-refractivity contribution in [3.63, 3.8) is 0 Å². The third-order valence-electron chi connectivity index (χ3n) is 12.0. The molecule has 0 amide bonds. The van der Waals surface area contributed by atoms with Gasteiger partial charge in [0.05, 0.1) is 12.2 Å². The van der Waals surface area contributed by atoms with E-state index in [1.807, 2.05) is 7.11 Å². The minimum Gasteiger partial charge on any atom is -0.396 e. The maximum absolute atomic E-state index is 10.3. The monoisotopic (exact) mass is 448 g/mol. The number of methoxy groups -OCH3 is 1. The quantitative estimate of drug-likeness (QED) is 0.591. The first-order valence-corrected chi connectivity index (χ1v) is 13.7. The van der Waals surface area contributed by atoms with E-state index < -0.39 is 5.79 Å². The van der Waals surface area contributed by atoms with Crippen molar-refractivity contribution in [2.45, 2.75) is 110 Å². The number of aliphatic hydroxyl groups is 2.